The third kappa shape index (κ3) is 3.80. The average Bonchev–Trinajstić information content (AvgIpc) is 2.69. The van der Waals surface area contributed by atoms with Crippen LogP contribution < -0.4 is 9.47 Å². The normalized spacial score (nSPS) is 17.3. The number of piperidine rings is 1. The number of rotatable bonds is 3. The molecule has 1 saturated heterocycles. The smallest absolute Gasteiger partial charge is 0.253 e. The zero-order valence-corrected chi connectivity index (χ0v) is 15.4. The maximum absolute atomic E-state index is 12.8. The van der Waals surface area contributed by atoms with E-state index in [1.165, 1.54) is 0 Å². The van der Waals surface area contributed by atoms with Crippen molar-refractivity contribution in [3.63, 3.8) is 0 Å². The van der Waals surface area contributed by atoms with Gasteiger partial charge in [-0.05, 0) is 60.9 Å². The molecule has 2 aliphatic heterocycles. The van der Waals surface area contributed by atoms with Crippen molar-refractivity contribution in [1.29, 1.82) is 0 Å². The van der Waals surface area contributed by atoms with Crippen molar-refractivity contribution in [3.05, 3.63) is 58.6 Å². The van der Waals surface area contributed by atoms with Gasteiger partial charge in [0, 0.05) is 36.5 Å². The van der Waals surface area contributed by atoms with E-state index in [-0.39, 0.29) is 12.0 Å². The number of ether oxygens (including phenoxy) is 2. The maximum atomic E-state index is 12.8. The Morgan fingerprint density at radius 3 is 2.65 bits per heavy atom. The van der Waals surface area contributed by atoms with Crippen LogP contribution >= 0.6 is 11.6 Å². The van der Waals surface area contributed by atoms with Crippen molar-refractivity contribution < 1.29 is 14.3 Å². The number of amides is 1. The molecule has 4 nitrogen and oxygen atoms in total. The minimum atomic E-state index is 0.100. The first-order chi connectivity index (χ1) is 12.7. The fourth-order valence-corrected chi connectivity index (χ4v) is 3.68. The van der Waals surface area contributed by atoms with Crippen molar-refractivity contribution in [1.82, 2.24) is 4.90 Å². The number of hydrogen-bond donors (Lipinski definition) is 0. The summed E-state index contributed by atoms with van der Waals surface area (Å²) in [7, 11) is 0. The number of benzene rings is 2. The molecule has 26 heavy (non-hydrogen) atoms. The fourth-order valence-electron chi connectivity index (χ4n) is 3.56. The molecule has 2 aromatic rings. The van der Waals surface area contributed by atoms with Crippen molar-refractivity contribution in [2.24, 2.45) is 0 Å². The van der Waals surface area contributed by atoms with Gasteiger partial charge in [-0.15, -0.1) is 0 Å². The second-order valence-electron chi connectivity index (χ2n) is 6.84. The van der Waals surface area contributed by atoms with Crippen molar-refractivity contribution >= 4 is 17.5 Å². The summed E-state index contributed by atoms with van der Waals surface area (Å²) in [4.78, 5) is 14.7. The van der Waals surface area contributed by atoms with Crippen molar-refractivity contribution in [2.45, 2.75) is 31.8 Å². The first kappa shape index (κ1) is 17.2. The van der Waals surface area contributed by atoms with Gasteiger partial charge in [0.2, 0.25) is 0 Å². The van der Waals surface area contributed by atoms with E-state index in [1.807, 2.05) is 47.4 Å². The Morgan fingerprint density at radius 2 is 1.88 bits per heavy atom. The summed E-state index contributed by atoms with van der Waals surface area (Å²) in [6, 6.07) is 13.2. The lowest BCUT2D eigenvalue weighted by Gasteiger charge is -2.32. The largest absolute Gasteiger partial charge is 0.493 e. The van der Waals surface area contributed by atoms with Crippen LogP contribution in [0, 0.1) is 0 Å². The van der Waals surface area contributed by atoms with Gasteiger partial charge in [-0.1, -0.05) is 11.6 Å². The van der Waals surface area contributed by atoms with Crippen LogP contribution in [0.2, 0.25) is 5.02 Å². The summed E-state index contributed by atoms with van der Waals surface area (Å²) < 4.78 is 11.6. The van der Waals surface area contributed by atoms with E-state index in [9.17, 15) is 4.79 Å². The number of aryl methyl sites for hydroxylation is 1. The number of carbonyl (C=O) groups excluding carboxylic acids is 1. The van der Waals surface area contributed by atoms with Crippen LogP contribution in [0.3, 0.4) is 0 Å². The molecular formula is C21H22ClNO3. The predicted molar refractivity (Wildman–Crippen MR) is 101 cm³/mol. The highest BCUT2D eigenvalue weighted by molar-refractivity contribution is 6.30. The Balaban J connectivity index is 1.35. The molecule has 0 radical (unpaired) electrons. The van der Waals surface area contributed by atoms with Crippen LogP contribution in [0.25, 0.3) is 0 Å². The zero-order chi connectivity index (χ0) is 17.9. The van der Waals surface area contributed by atoms with E-state index in [0.717, 1.165) is 54.9 Å². The Bertz CT molecular complexity index is 782. The summed E-state index contributed by atoms with van der Waals surface area (Å²) >= 11 is 5.90. The highest BCUT2D eigenvalue weighted by Crippen LogP contribution is 2.27. The van der Waals surface area contributed by atoms with Gasteiger partial charge in [0.1, 0.15) is 17.6 Å². The molecule has 0 N–H and O–H groups in total. The van der Waals surface area contributed by atoms with Crippen molar-refractivity contribution in [2.75, 3.05) is 19.7 Å². The molecule has 0 aromatic heterocycles. The standard InChI is InChI=1S/C21H22ClNO3/c22-17-4-6-18(7-5-17)26-19-9-11-23(12-10-19)21(24)16-3-8-20-15(14-16)2-1-13-25-20/h3-8,14,19H,1-2,9-13H2. The number of halogens is 1. The average molecular weight is 372 g/mol. The molecule has 1 fully saturated rings. The van der Waals surface area contributed by atoms with Gasteiger partial charge < -0.3 is 14.4 Å². The molecule has 1 amide bonds. The third-order valence-corrected chi connectivity index (χ3v) is 5.25. The molecule has 5 heteroatoms. The van der Waals surface area contributed by atoms with E-state index < -0.39 is 0 Å². The van der Waals surface area contributed by atoms with E-state index in [1.54, 1.807) is 0 Å². The molecule has 2 heterocycles. The molecule has 0 spiro atoms. The first-order valence-electron chi connectivity index (χ1n) is 9.16. The second-order valence-corrected chi connectivity index (χ2v) is 7.27. The van der Waals surface area contributed by atoms with Gasteiger partial charge in [0.25, 0.3) is 5.91 Å². The van der Waals surface area contributed by atoms with E-state index in [2.05, 4.69) is 0 Å². The molecule has 0 unspecified atom stereocenters. The summed E-state index contributed by atoms with van der Waals surface area (Å²) in [6.07, 6.45) is 3.80. The minimum Gasteiger partial charge on any atom is -0.493 e. The van der Waals surface area contributed by atoms with Gasteiger partial charge in [-0.25, -0.2) is 0 Å². The van der Waals surface area contributed by atoms with Crippen LogP contribution in [-0.2, 0) is 6.42 Å². The van der Waals surface area contributed by atoms with Crippen LogP contribution in [-0.4, -0.2) is 36.6 Å². The molecule has 2 aromatic carbocycles. The Hall–Kier alpha value is -2.20. The van der Waals surface area contributed by atoms with Crippen LogP contribution in [0.1, 0.15) is 35.2 Å². The summed E-state index contributed by atoms with van der Waals surface area (Å²) in [5, 5.41) is 0.702. The Morgan fingerprint density at radius 1 is 1.12 bits per heavy atom. The minimum absolute atomic E-state index is 0.100. The van der Waals surface area contributed by atoms with Crippen LogP contribution in [0.15, 0.2) is 42.5 Å². The molecule has 0 saturated carbocycles. The molecule has 0 aliphatic carbocycles. The SMILES string of the molecule is O=C(c1ccc2c(c1)CCCO2)N1CCC(Oc2ccc(Cl)cc2)CC1. The molecule has 2 aliphatic rings. The number of carbonyl (C=O) groups is 1. The number of hydrogen-bond acceptors (Lipinski definition) is 3. The van der Waals surface area contributed by atoms with Crippen molar-refractivity contribution in [3.8, 4) is 11.5 Å². The van der Waals surface area contributed by atoms with Crippen LogP contribution in [0.4, 0.5) is 0 Å². The quantitative estimate of drug-likeness (QED) is 0.805. The summed E-state index contributed by atoms with van der Waals surface area (Å²) in [5.41, 5.74) is 1.90. The topological polar surface area (TPSA) is 38.8 Å². The molecule has 4 rings (SSSR count). The van der Waals surface area contributed by atoms with E-state index >= 15 is 0 Å². The predicted octanol–water partition coefficient (Wildman–Crippen LogP) is 4.35. The Kier molecular flexibility index (Phi) is 5.02. The van der Waals surface area contributed by atoms with Gasteiger partial charge in [-0.2, -0.15) is 0 Å². The van der Waals surface area contributed by atoms with Gasteiger partial charge in [0.15, 0.2) is 0 Å². The number of nitrogens with zero attached hydrogens (tertiary/aromatic N) is 1. The maximum Gasteiger partial charge on any atom is 0.253 e. The monoisotopic (exact) mass is 371 g/mol. The van der Waals surface area contributed by atoms with Gasteiger partial charge >= 0.3 is 0 Å². The lowest BCUT2D eigenvalue weighted by atomic mass is 10.0. The zero-order valence-electron chi connectivity index (χ0n) is 14.6. The van der Waals surface area contributed by atoms with Gasteiger partial charge in [0.05, 0.1) is 6.61 Å². The third-order valence-electron chi connectivity index (χ3n) is 5.00. The van der Waals surface area contributed by atoms with E-state index in [4.69, 9.17) is 21.1 Å². The second kappa shape index (κ2) is 7.58. The lowest BCUT2D eigenvalue weighted by molar-refractivity contribution is 0.0595. The molecule has 136 valence electrons. The van der Waals surface area contributed by atoms with Crippen LogP contribution in [0.5, 0.6) is 11.5 Å². The fraction of sp³-hybridized carbons (Fsp3) is 0.381. The number of likely N-dealkylation sites (tertiary alicyclic amines) is 1. The summed E-state index contributed by atoms with van der Waals surface area (Å²) in [5.74, 6) is 1.85. The molecular weight excluding hydrogens is 350 g/mol. The Labute approximate surface area is 158 Å². The highest BCUT2D eigenvalue weighted by Gasteiger charge is 2.25. The first-order valence-corrected chi connectivity index (χ1v) is 9.54. The number of fused-ring (bicyclic) bond motifs is 1. The molecule has 0 bridgehead atoms. The van der Waals surface area contributed by atoms with E-state index in [0.29, 0.717) is 18.1 Å². The molecule has 0 atom stereocenters. The lowest BCUT2D eigenvalue weighted by Crippen LogP contribution is -2.41. The summed E-state index contributed by atoms with van der Waals surface area (Å²) in [6.45, 7) is 2.19. The highest BCUT2D eigenvalue weighted by atomic mass is 35.5. The van der Waals surface area contributed by atoms with Gasteiger partial charge in [-0.3, -0.25) is 4.79 Å².